The van der Waals surface area contributed by atoms with E-state index in [2.05, 4.69) is 46.5 Å². The summed E-state index contributed by atoms with van der Waals surface area (Å²) in [6, 6.07) is 8.26. The van der Waals surface area contributed by atoms with Crippen LogP contribution in [0.25, 0.3) is 22.2 Å². The molecule has 0 spiro atoms. The molecule has 0 fully saturated rings. The minimum Gasteiger partial charge on any atom is -0.359 e. The summed E-state index contributed by atoms with van der Waals surface area (Å²) in [5, 5.41) is 3.77. The van der Waals surface area contributed by atoms with Gasteiger partial charge in [-0.3, -0.25) is 4.79 Å². The van der Waals surface area contributed by atoms with Gasteiger partial charge < -0.3 is 10.2 Å². The van der Waals surface area contributed by atoms with Gasteiger partial charge in [-0.1, -0.05) is 12.1 Å². The number of nitrogens with one attached hydrogen (secondary N) is 1. The first-order valence-electron chi connectivity index (χ1n) is 8.58. The van der Waals surface area contributed by atoms with Crippen molar-refractivity contribution in [2.24, 2.45) is 0 Å². The second kappa shape index (κ2) is 7.47. The molecule has 3 aromatic rings. The molecule has 0 aliphatic heterocycles. The fourth-order valence-electron chi connectivity index (χ4n) is 2.82. The summed E-state index contributed by atoms with van der Waals surface area (Å²) >= 11 is 0. The quantitative estimate of drug-likeness (QED) is 0.767. The van der Waals surface area contributed by atoms with Gasteiger partial charge in [0.2, 0.25) is 11.9 Å². The summed E-state index contributed by atoms with van der Waals surface area (Å²) in [7, 11) is 5.48. The summed E-state index contributed by atoms with van der Waals surface area (Å²) in [4.78, 5) is 26.9. The number of pyridine rings is 1. The van der Waals surface area contributed by atoms with Crippen LogP contribution in [0.2, 0.25) is 0 Å². The monoisotopic (exact) mass is 349 g/mol. The van der Waals surface area contributed by atoms with Gasteiger partial charge in [-0.25, -0.2) is 15.0 Å². The molecular weight excluding hydrogens is 326 g/mol. The Morgan fingerprint density at radius 2 is 1.88 bits per heavy atom. The number of hydrogen-bond donors (Lipinski definition) is 1. The smallest absolute Gasteiger partial charge is 0.224 e. The molecule has 0 bridgehead atoms. The molecule has 0 atom stereocenters. The molecule has 1 amide bonds. The van der Waals surface area contributed by atoms with Crippen LogP contribution in [0.4, 0.5) is 5.95 Å². The highest BCUT2D eigenvalue weighted by Gasteiger charge is 2.08. The van der Waals surface area contributed by atoms with Crippen molar-refractivity contribution in [2.45, 2.75) is 19.8 Å². The number of rotatable bonds is 5. The van der Waals surface area contributed by atoms with Gasteiger partial charge in [-0.05, 0) is 36.6 Å². The van der Waals surface area contributed by atoms with Crippen LogP contribution in [0.1, 0.15) is 17.5 Å². The van der Waals surface area contributed by atoms with Crippen LogP contribution in [0.15, 0.2) is 36.7 Å². The van der Waals surface area contributed by atoms with Crippen LogP contribution < -0.4 is 10.2 Å². The molecule has 2 aromatic heterocycles. The molecule has 1 N–H and O–H groups in total. The van der Waals surface area contributed by atoms with Crippen molar-refractivity contribution in [3.63, 3.8) is 0 Å². The lowest BCUT2D eigenvalue weighted by atomic mass is 10.0. The fraction of sp³-hybridized carbons (Fsp3) is 0.300. The van der Waals surface area contributed by atoms with Crippen molar-refractivity contribution < 1.29 is 4.79 Å². The maximum atomic E-state index is 11.5. The fourth-order valence-corrected chi connectivity index (χ4v) is 2.82. The Kier molecular flexibility index (Phi) is 5.11. The van der Waals surface area contributed by atoms with Gasteiger partial charge >= 0.3 is 0 Å². The van der Waals surface area contributed by atoms with Crippen molar-refractivity contribution in [3.8, 4) is 11.3 Å². The lowest BCUT2D eigenvalue weighted by Gasteiger charge is -2.11. The van der Waals surface area contributed by atoms with E-state index in [9.17, 15) is 4.79 Å². The number of amides is 1. The number of aromatic nitrogens is 3. The number of carbonyl (C=O) groups is 1. The first-order chi connectivity index (χ1) is 12.5. The van der Waals surface area contributed by atoms with Crippen molar-refractivity contribution in [3.05, 3.63) is 47.8 Å². The van der Waals surface area contributed by atoms with Crippen molar-refractivity contribution >= 4 is 22.8 Å². The van der Waals surface area contributed by atoms with E-state index in [4.69, 9.17) is 4.98 Å². The van der Waals surface area contributed by atoms with Crippen LogP contribution in [0.5, 0.6) is 0 Å². The maximum Gasteiger partial charge on any atom is 0.224 e. The zero-order valence-corrected chi connectivity index (χ0v) is 15.6. The van der Waals surface area contributed by atoms with E-state index in [0.717, 1.165) is 33.3 Å². The van der Waals surface area contributed by atoms with Gasteiger partial charge in [0.15, 0.2) is 0 Å². The van der Waals surface area contributed by atoms with E-state index in [1.807, 2.05) is 19.0 Å². The lowest BCUT2D eigenvalue weighted by molar-refractivity contribution is -0.120. The summed E-state index contributed by atoms with van der Waals surface area (Å²) in [6.07, 6.45) is 4.76. The van der Waals surface area contributed by atoms with E-state index in [-0.39, 0.29) is 5.91 Å². The molecule has 3 rings (SSSR count). The Hall–Kier alpha value is -3.02. The van der Waals surface area contributed by atoms with E-state index < -0.39 is 0 Å². The number of anilines is 1. The van der Waals surface area contributed by atoms with Gasteiger partial charge in [0.05, 0.1) is 11.2 Å². The Morgan fingerprint density at radius 3 is 2.54 bits per heavy atom. The van der Waals surface area contributed by atoms with Gasteiger partial charge in [0.1, 0.15) is 0 Å². The number of aryl methyl sites for hydroxylation is 2. The minimum absolute atomic E-state index is 0.0427. The van der Waals surface area contributed by atoms with Gasteiger partial charge in [-0.2, -0.15) is 0 Å². The average Bonchev–Trinajstić information content (AvgIpc) is 2.65. The van der Waals surface area contributed by atoms with Gasteiger partial charge in [-0.15, -0.1) is 0 Å². The summed E-state index contributed by atoms with van der Waals surface area (Å²) in [5.74, 6) is 0.712. The standard InChI is InChI=1S/C20H23N5O/c1-13-9-17(15-11-22-20(23-12-15)25(3)4)24-18-10-14(5-7-16(13)18)6-8-19(26)21-2/h5,7,9-12H,6,8H2,1-4H3,(H,21,26). The number of carbonyl (C=O) groups excluding carboxylic acids is 1. The largest absolute Gasteiger partial charge is 0.359 e. The molecule has 0 saturated carbocycles. The first-order valence-corrected chi connectivity index (χ1v) is 8.58. The van der Waals surface area contributed by atoms with Crippen LogP contribution in [-0.4, -0.2) is 42.0 Å². The maximum absolute atomic E-state index is 11.5. The molecule has 1 aromatic carbocycles. The Labute approximate surface area is 153 Å². The molecule has 0 aliphatic rings. The average molecular weight is 349 g/mol. The molecule has 0 aliphatic carbocycles. The first kappa shape index (κ1) is 17.8. The molecule has 0 saturated heterocycles. The Balaban J connectivity index is 1.95. The van der Waals surface area contributed by atoms with E-state index >= 15 is 0 Å². The summed E-state index contributed by atoms with van der Waals surface area (Å²) in [5.41, 5.74) is 4.91. The van der Waals surface area contributed by atoms with E-state index in [1.165, 1.54) is 0 Å². The Bertz CT molecular complexity index is 935. The molecule has 6 nitrogen and oxygen atoms in total. The zero-order chi connectivity index (χ0) is 18.7. The normalized spacial score (nSPS) is 10.8. The molecule has 2 heterocycles. The van der Waals surface area contributed by atoms with Crippen LogP contribution in [0.3, 0.4) is 0 Å². The molecule has 0 radical (unpaired) electrons. The highest BCUT2D eigenvalue weighted by Crippen LogP contribution is 2.25. The number of hydrogen-bond acceptors (Lipinski definition) is 5. The highest BCUT2D eigenvalue weighted by atomic mass is 16.1. The Morgan fingerprint density at radius 1 is 1.15 bits per heavy atom. The second-order valence-corrected chi connectivity index (χ2v) is 6.52. The number of fused-ring (bicyclic) bond motifs is 1. The zero-order valence-electron chi connectivity index (χ0n) is 15.6. The van der Waals surface area contributed by atoms with Crippen molar-refractivity contribution in [1.29, 1.82) is 0 Å². The van der Waals surface area contributed by atoms with Crippen molar-refractivity contribution in [2.75, 3.05) is 26.0 Å². The van der Waals surface area contributed by atoms with E-state index in [1.54, 1.807) is 19.4 Å². The predicted octanol–water partition coefficient (Wildman–Crippen LogP) is 2.74. The third-order valence-electron chi connectivity index (χ3n) is 4.33. The minimum atomic E-state index is 0.0427. The number of nitrogens with zero attached hydrogens (tertiary/aromatic N) is 4. The van der Waals surface area contributed by atoms with Gasteiger partial charge in [0, 0.05) is 50.9 Å². The molecule has 0 unspecified atom stereocenters. The number of benzene rings is 1. The van der Waals surface area contributed by atoms with Crippen molar-refractivity contribution in [1.82, 2.24) is 20.3 Å². The van der Waals surface area contributed by atoms with E-state index in [0.29, 0.717) is 18.8 Å². The van der Waals surface area contributed by atoms with Crippen LogP contribution in [0, 0.1) is 6.92 Å². The van der Waals surface area contributed by atoms with Crippen LogP contribution in [-0.2, 0) is 11.2 Å². The highest BCUT2D eigenvalue weighted by molar-refractivity contribution is 5.85. The third-order valence-corrected chi connectivity index (χ3v) is 4.33. The summed E-state index contributed by atoms with van der Waals surface area (Å²) < 4.78 is 0. The lowest BCUT2D eigenvalue weighted by Crippen LogP contribution is -2.17. The molecule has 6 heteroatoms. The van der Waals surface area contributed by atoms with Gasteiger partial charge in [0.25, 0.3) is 0 Å². The molecule has 26 heavy (non-hydrogen) atoms. The predicted molar refractivity (Wildman–Crippen MR) is 104 cm³/mol. The molecular formula is C20H23N5O. The second-order valence-electron chi connectivity index (χ2n) is 6.52. The SMILES string of the molecule is CNC(=O)CCc1ccc2c(C)cc(-c3cnc(N(C)C)nc3)nc2c1. The third kappa shape index (κ3) is 3.79. The summed E-state index contributed by atoms with van der Waals surface area (Å²) in [6.45, 7) is 2.08. The van der Waals surface area contributed by atoms with Crippen LogP contribution >= 0.6 is 0 Å². The molecule has 134 valence electrons. The topological polar surface area (TPSA) is 71.0 Å².